The lowest BCUT2D eigenvalue weighted by atomic mass is 10.1. The Hall–Kier alpha value is -2.27. The van der Waals surface area contributed by atoms with Crippen LogP contribution in [0.3, 0.4) is 0 Å². The zero-order valence-corrected chi connectivity index (χ0v) is 16.8. The van der Waals surface area contributed by atoms with Crippen molar-refractivity contribution in [3.8, 4) is 0 Å². The third-order valence-electron chi connectivity index (χ3n) is 4.68. The van der Waals surface area contributed by atoms with E-state index in [4.69, 9.17) is 0 Å². The van der Waals surface area contributed by atoms with Crippen LogP contribution in [0.15, 0.2) is 47.8 Å². The molecule has 144 valence electrons. The molecule has 0 aliphatic heterocycles. The minimum Gasteiger partial charge on any atom is -0.336 e. The molecular formula is C22H27NO3S. The van der Waals surface area contributed by atoms with E-state index in [1.807, 2.05) is 53.6 Å². The fourth-order valence-electron chi connectivity index (χ4n) is 2.82. The molecular weight excluding hydrogens is 358 g/mol. The topological polar surface area (TPSA) is 54.5 Å². The lowest BCUT2D eigenvalue weighted by Crippen LogP contribution is -2.37. The predicted octanol–water partition coefficient (Wildman–Crippen LogP) is 4.89. The molecule has 2 aromatic rings. The molecule has 4 nitrogen and oxygen atoms in total. The molecule has 0 N–H and O–H groups in total. The second kappa shape index (κ2) is 10.8. The van der Waals surface area contributed by atoms with Crippen LogP contribution in [0.4, 0.5) is 0 Å². The van der Waals surface area contributed by atoms with Crippen LogP contribution >= 0.6 is 11.3 Å². The zero-order chi connectivity index (χ0) is 19.6. The SMILES string of the molecule is CCC(C)N(Cc1ccccc1)C(=O)CCC(=O)CCC(=O)c1cccs1. The molecule has 0 fully saturated rings. The number of nitrogens with zero attached hydrogens (tertiary/aromatic N) is 1. The maximum Gasteiger partial charge on any atom is 0.223 e. The van der Waals surface area contributed by atoms with E-state index in [9.17, 15) is 14.4 Å². The lowest BCUT2D eigenvalue weighted by Gasteiger charge is -2.29. The van der Waals surface area contributed by atoms with E-state index in [0.29, 0.717) is 11.4 Å². The van der Waals surface area contributed by atoms with Crippen molar-refractivity contribution in [3.05, 3.63) is 58.3 Å². The molecule has 27 heavy (non-hydrogen) atoms. The number of hydrogen-bond donors (Lipinski definition) is 0. The van der Waals surface area contributed by atoms with Gasteiger partial charge in [0.1, 0.15) is 5.78 Å². The first-order valence-electron chi connectivity index (χ1n) is 9.43. The number of ketones is 2. The van der Waals surface area contributed by atoms with Crippen LogP contribution in [0.25, 0.3) is 0 Å². The summed E-state index contributed by atoms with van der Waals surface area (Å²) in [5.74, 6) is -0.0433. The molecule has 0 aliphatic rings. The Kier molecular flexibility index (Phi) is 8.40. The molecule has 0 spiro atoms. The summed E-state index contributed by atoms with van der Waals surface area (Å²) < 4.78 is 0. The first kappa shape index (κ1) is 21.0. The van der Waals surface area contributed by atoms with Gasteiger partial charge in [-0.3, -0.25) is 14.4 Å². The van der Waals surface area contributed by atoms with E-state index in [1.54, 1.807) is 6.07 Å². The highest BCUT2D eigenvalue weighted by Gasteiger charge is 2.20. The van der Waals surface area contributed by atoms with E-state index >= 15 is 0 Å². The standard InChI is InChI=1S/C22H27NO3S/c1-3-17(2)23(16-18-8-5-4-6-9-18)22(26)14-12-19(24)11-13-20(25)21-10-7-15-27-21/h4-10,15,17H,3,11-14,16H2,1-2H3. The van der Waals surface area contributed by atoms with Gasteiger partial charge in [-0.1, -0.05) is 43.3 Å². The number of hydrogen-bond acceptors (Lipinski definition) is 4. The third-order valence-corrected chi connectivity index (χ3v) is 5.59. The van der Waals surface area contributed by atoms with Crippen molar-refractivity contribution in [2.24, 2.45) is 0 Å². The maximum absolute atomic E-state index is 12.7. The van der Waals surface area contributed by atoms with Gasteiger partial charge in [-0.05, 0) is 30.4 Å². The van der Waals surface area contributed by atoms with Gasteiger partial charge in [0, 0.05) is 38.3 Å². The highest BCUT2D eigenvalue weighted by Crippen LogP contribution is 2.15. The fourth-order valence-corrected chi connectivity index (χ4v) is 3.51. The number of carbonyl (C=O) groups is 3. The number of carbonyl (C=O) groups excluding carboxylic acids is 3. The van der Waals surface area contributed by atoms with Crippen molar-refractivity contribution in [1.29, 1.82) is 0 Å². The zero-order valence-electron chi connectivity index (χ0n) is 16.0. The van der Waals surface area contributed by atoms with E-state index in [-0.39, 0.29) is 49.2 Å². The fraction of sp³-hybridized carbons (Fsp3) is 0.409. The predicted molar refractivity (Wildman–Crippen MR) is 109 cm³/mol. The van der Waals surface area contributed by atoms with Gasteiger partial charge in [0.25, 0.3) is 0 Å². The van der Waals surface area contributed by atoms with Crippen LogP contribution in [-0.2, 0) is 16.1 Å². The smallest absolute Gasteiger partial charge is 0.223 e. The van der Waals surface area contributed by atoms with E-state index in [1.165, 1.54) is 11.3 Å². The van der Waals surface area contributed by atoms with Gasteiger partial charge in [0.2, 0.25) is 5.91 Å². The highest BCUT2D eigenvalue weighted by molar-refractivity contribution is 7.12. The molecule has 0 saturated heterocycles. The minimum atomic E-state index is -0.0305. The Morgan fingerprint density at radius 3 is 2.30 bits per heavy atom. The van der Waals surface area contributed by atoms with Gasteiger partial charge in [-0.15, -0.1) is 11.3 Å². The van der Waals surface area contributed by atoms with Crippen molar-refractivity contribution in [3.63, 3.8) is 0 Å². The Morgan fingerprint density at radius 1 is 0.963 bits per heavy atom. The van der Waals surface area contributed by atoms with Crippen LogP contribution in [-0.4, -0.2) is 28.4 Å². The van der Waals surface area contributed by atoms with Gasteiger partial charge in [-0.2, -0.15) is 0 Å². The maximum atomic E-state index is 12.7. The van der Waals surface area contributed by atoms with Crippen molar-refractivity contribution < 1.29 is 14.4 Å². The molecule has 1 aromatic carbocycles. The summed E-state index contributed by atoms with van der Waals surface area (Å²) in [4.78, 5) is 39.3. The number of Topliss-reactive ketones (excluding diaryl/α,β-unsaturated/α-hetero) is 2. The number of amides is 1. The highest BCUT2D eigenvalue weighted by atomic mass is 32.1. The van der Waals surface area contributed by atoms with Crippen LogP contribution in [0, 0.1) is 0 Å². The molecule has 1 unspecified atom stereocenters. The van der Waals surface area contributed by atoms with Crippen LogP contribution in [0.1, 0.15) is 61.2 Å². The van der Waals surface area contributed by atoms with Gasteiger partial charge in [-0.25, -0.2) is 0 Å². The van der Waals surface area contributed by atoms with Crippen LogP contribution in [0.2, 0.25) is 0 Å². The summed E-state index contributed by atoms with van der Waals surface area (Å²) in [7, 11) is 0. The molecule has 0 saturated carbocycles. The summed E-state index contributed by atoms with van der Waals surface area (Å²) in [6.07, 6.45) is 1.67. The Labute approximate surface area is 165 Å². The second-order valence-electron chi connectivity index (χ2n) is 6.70. The lowest BCUT2D eigenvalue weighted by molar-refractivity contribution is -0.135. The molecule has 0 radical (unpaired) electrons. The summed E-state index contributed by atoms with van der Waals surface area (Å²) in [5.41, 5.74) is 1.08. The quantitative estimate of drug-likeness (QED) is 0.518. The number of rotatable bonds is 11. The average Bonchev–Trinajstić information content (AvgIpc) is 3.23. The summed E-state index contributed by atoms with van der Waals surface area (Å²) in [6.45, 7) is 4.64. The second-order valence-corrected chi connectivity index (χ2v) is 7.65. The van der Waals surface area contributed by atoms with Gasteiger partial charge in [0.05, 0.1) is 4.88 Å². The molecule has 2 rings (SSSR count). The minimum absolute atomic E-state index is 0.00464. The normalized spacial score (nSPS) is 11.8. The average molecular weight is 386 g/mol. The van der Waals surface area contributed by atoms with Crippen molar-refractivity contribution in [2.75, 3.05) is 0 Å². The van der Waals surface area contributed by atoms with Crippen LogP contribution in [0.5, 0.6) is 0 Å². The Morgan fingerprint density at radius 2 is 1.67 bits per heavy atom. The summed E-state index contributed by atoms with van der Waals surface area (Å²) in [6, 6.07) is 13.6. The monoisotopic (exact) mass is 385 g/mol. The molecule has 0 bridgehead atoms. The van der Waals surface area contributed by atoms with E-state index in [2.05, 4.69) is 6.92 Å². The molecule has 1 heterocycles. The molecule has 5 heteroatoms. The molecule has 1 amide bonds. The van der Waals surface area contributed by atoms with Gasteiger partial charge >= 0.3 is 0 Å². The van der Waals surface area contributed by atoms with Gasteiger partial charge in [0.15, 0.2) is 5.78 Å². The van der Waals surface area contributed by atoms with Gasteiger partial charge < -0.3 is 4.90 Å². The molecule has 1 aromatic heterocycles. The van der Waals surface area contributed by atoms with Crippen molar-refractivity contribution in [2.45, 2.75) is 58.5 Å². The number of thiophene rings is 1. The molecule has 0 aliphatic carbocycles. The van der Waals surface area contributed by atoms with Crippen molar-refractivity contribution >= 4 is 28.8 Å². The summed E-state index contributed by atoms with van der Waals surface area (Å²) >= 11 is 1.39. The van der Waals surface area contributed by atoms with E-state index < -0.39 is 0 Å². The van der Waals surface area contributed by atoms with Crippen molar-refractivity contribution in [1.82, 2.24) is 4.90 Å². The Bertz CT molecular complexity index is 740. The summed E-state index contributed by atoms with van der Waals surface area (Å²) in [5, 5.41) is 1.85. The first-order chi connectivity index (χ1) is 13.0. The first-order valence-corrected chi connectivity index (χ1v) is 10.3. The number of benzene rings is 1. The third kappa shape index (κ3) is 6.75. The Balaban J connectivity index is 1.83. The van der Waals surface area contributed by atoms with E-state index in [0.717, 1.165) is 12.0 Å². The molecule has 1 atom stereocenters. The van der Waals surface area contributed by atoms with Crippen LogP contribution < -0.4 is 0 Å². The largest absolute Gasteiger partial charge is 0.336 e.